The van der Waals surface area contributed by atoms with Crippen LogP contribution in [-0.2, 0) is 11.3 Å². The summed E-state index contributed by atoms with van der Waals surface area (Å²) in [6, 6.07) is 9.52. The molecule has 1 amide bonds. The predicted octanol–water partition coefficient (Wildman–Crippen LogP) is 4.46. The number of aromatic nitrogens is 5. The fourth-order valence-corrected chi connectivity index (χ4v) is 3.84. The Bertz CT molecular complexity index is 1360. The SMILES string of the molecule is CC(C)(C)OC(=O)NCc1nn(-c2ccc(C=O)cc2)c2nccc(-c3cnn(C4CC4)c3)c12. The van der Waals surface area contributed by atoms with Gasteiger partial charge in [-0.25, -0.2) is 14.5 Å². The maximum absolute atomic E-state index is 12.3. The lowest BCUT2D eigenvalue weighted by molar-refractivity contribution is 0.0523. The van der Waals surface area contributed by atoms with Gasteiger partial charge in [0.25, 0.3) is 0 Å². The number of nitrogens with zero attached hydrogens (tertiary/aromatic N) is 5. The van der Waals surface area contributed by atoms with Gasteiger partial charge in [0, 0.05) is 23.5 Å². The van der Waals surface area contributed by atoms with Gasteiger partial charge < -0.3 is 10.1 Å². The molecule has 3 aromatic heterocycles. The van der Waals surface area contributed by atoms with Gasteiger partial charge in [-0.3, -0.25) is 9.48 Å². The Kier molecular flexibility index (Phi) is 5.39. The zero-order chi connectivity index (χ0) is 23.9. The van der Waals surface area contributed by atoms with E-state index in [4.69, 9.17) is 9.84 Å². The summed E-state index contributed by atoms with van der Waals surface area (Å²) in [5, 5.41) is 13.0. The lowest BCUT2D eigenvalue weighted by atomic mass is 10.1. The smallest absolute Gasteiger partial charge is 0.407 e. The third kappa shape index (κ3) is 4.41. The lowest BCUT2D eigenvalue weighted by Crippen LogP contribution is -2.32. The Hall–Kier alpha value is -4.01. The Morgan fingerprint density at radius 3 is 2.65 bits per heavy atom. The van der Waals surface area contributed by atoms with Crippen LogP contribution in [0, 0.1) is 0 Å². The number of carbonyl (C=O) groups is 2. The average molecular weight is 459 g/mol. The summed E-state index contributed by atoms with van der Waals surface area (Å²) in [5.74, 6) is 0. The number of carbonyl (C=O) groups excluding carboxylic acids is 2. The van der Waals surface area contributed by atoms with E-state index in [1.54, 1.807) is 23.0 Å². The number of amides is 1. The first-order chi connectivity index (χ1) is 16.3. The Labute approximate surface area is 196 Å². The Balaban J connectivity index is 1.58. The molecule has 0 spiro atoms. The van der Waals surface area contributed by atoms with Gasteiger partial charge in [0.15, 0.2) is 5.65 Å². The molecule has 9 heteroatoms. The van der Waals surface area contributed by atoms with Crippen LogP contribution in [0.1, 0.15) is 55.7 Å². The van der Waals surface area contributed by atoms with Crippen molar-refractivity contribution >= 4 is 23.4 Å². The number of aldehydes is 1. The highest BCUT2D eigenvalue weighted by molar-refractivity contribution is 5.95. The van der Waals surface area contributed by atoms with E-state index in [-0.39, 0.29) is 6.54 Å². The molecule has 4 aromatic rings. The molecule has 1 fully saturated rings. The minimum atomic E-state index is -0.601. The van der Waals surface area contributed by atoms with E-state index in [1.807, 2.05) is 56.0 Å². The lowest BCUT2D eigenvalue weighted by Gasteiger charge is -2.19. The van der Waals surface area contributed by atoms with Gasteiger partial charge in [-0.1, -0.05) is 0 Å². The van der Waals surface area contributed by atoms with Crippen LogP contribution in [0.3, 0.4) is 0 Å². The van der Waals surface area contributed by atoms with Gasteiger partial charge in [0.1, 0.15) is 11.9 Å². The van der Waals surface area contributed by atoms with Crippen LogP contribution in [0.25, 0.3) is 27.8 Å². The Morgan fingerprint density at radius 2 is 1.97 bits per heavy atom. The van der Waals surface area contributed by atoms with Crippen molar-refractivity contribution in [1.29, 1.82) is 0 Å². The molecule has 0 atom stereocenters. The van der Waals surface area contributed by atoms with Crippen molar-refractivity contribution in [2.24, 2.45) is 0 Å². The number of alkyl carbamates (subject to hydrolysis) is 1. The molecule has 0 aliphatic heterocycles. The molecular formula is C25H26N6O3. The number of pyridine rings is 1. The van der Waals surface area contributed by atoms with E-state index < -0.39 is 11.7 Å². The van der Waals surface area contributed by atoms with E-state index in [2.05, 4.69) is 15.4 Å². The number of nitrogens with one attached hydrogen (secondary N) is 1. The van der Waals surface area contributed by atoms with Gasteiger partial charge in [-0.05, 0) is 69.5 Å². The van der Waals surface area contributed by atoms with Gasteiger partial charge in [-0.2, -0.15) is 10.2 Å². The third-order valence-corrected chi connectivity index (χ3v) is 5.55. The number of ether oxygens (including phenoxy) is 1. The molecule has 1 aromatic carbocycles. The number of hydrogen-bond donors (Lipinski definition) is 1. The molecule has 0 radical (unpaired) electrons. The molecule has 0 saturated heterocycles. The molecule has 1 N–H and O–H groups in total. The predicted molar refractivity (Wildman–Crippen MR) is 127 cm³/mol. The van der Waals surface area contributed by atoms with Gasteiger partial charge in [0.05, 0.1) is 35.6 Å². The van der Waals surface area contributed by atoms with Crippen LogP contribution in [0.5, 0.6) is 0 Å². The summed E-state index contributed by atoms with van der Waals surface area (Å²) in [5.41, 5.74) is 3.95. The monoisotopic (exact) mass is 458 g/mol. The molecule has 1 aliphatic rings. The zero-order valence-electron chi connectivity index (χ0n) is 19.4. The first-order valence-corrected chi connectivity index (χ1v) is 11.3. The summed E-state index contributed by atoms with van der Waals surface area (Å²) in [6.07, 6.45) is 8.23. The van der Waals surface area contributed by atoms with Crippen LogP contribution in [0.15, 0.2) is 48.9 Å². The summed E-state index contributed by atoms with van der Waals surface area (Å²) in [7, 11) is 0. The second-order valence-electron chi connectivity index (χ2n) is 9.42. The number of hydrogen-bond acceptors (Lipinski definition) is 6. The highest BCUT2D eigenvalue weighted by Crippen LogP contribution is 2.37. The zero-order valence-corrected chi connectivity index (χ0v) is 19.4. The highest BCUT2D eigenvalue weighted by atomic mass is 16.6. The first kappa shape index (κ1) is 21.8. The first-order valence-electron chi connectivity index (χ1n) is 11.3. The quantitative estimate of drug-likeness (QED) is 0.428. The topological polar surface area (TPSA) is 104 Å². The molecule has 174 valence electrons. The van der Waals surface area contributed by atoms with Crippen molar-refractivity contribution in [3.05, 3.63) is 60.2 Å². The molecule has 34 heavy (non-hydrogen) atoms. The molecule has 0 bridgehead atoms. The minimum absolute atomic E-state index is 0.167. The highest BCUT2D eigenvalue weighted by Gasteiger charge is 2.25. The summed E-state index contributed by atoms with van der Waals surface area (Å²) in [4.78, 5) is 28.0. The second-order valence-corrected chi connectivity index (χ2v) is 9.42. The number of benzene rings is 1. The minimum Gasteiger partial charge on any atom is -0.444 e. The molecule has 3 heterocycles. The fraction of sp³-hybridized carbons (Fsp3) is 0.320. The van der Waals surface area contributed by atoms with Crippen LogP contribution >= 0.6 is 0 Å². The van der Waals surface area contributed by atoms with E-state index in [0.29, 0.717) is 22.9 Å². The van der Waals surface area contributed by atoms with E-state index in [0.717, 1.165) is 41.3 Å². The third-order valence-electron chi connectivity index (χ3n) is 5.55. The van der Waals surface area contributed by atoms with Crippen molar-refractivity contribution in [2.45, 2.75) is 51.8 Å². The van der Waals surface area contributed by atoms with E-state index in [1.165, 1.54) is 0 Å². The van der Waals surface area contributed by atoms with Crippen LogP contribution in [0.2, 0.25) is 0 Å². The molecule has 1 aliphatic carbocycles. The van der Waals surface area contributed by atoms with Gasteiger partial charge >= 0.3 is 6.09 Å². The van der Waals surface area contributed by atoms with Crippen LogP contribution < -0.4 is 5.32 Å². The normalized spacial score (nSPS) is 13.7. The maximum atomic E-state index is 12.3. The van der Waals surface area contributed by atoms with Crippen molar-refractivity contribution < 1.29 is 14.3 Å². The molecular weight excluding hydrogens is 432 g/mol. The average Bonchev–Trinajstić information content (AvgIpc) is 3.42. The van der Waals surface area contributed by atoms with Crippen LogP contribution in [0.4, 0.5) is 4.79 Å². The largest absolute Gasteiger partial charge is 0.444 e. The second kappa shape index (κ2) is 8.40. The van der Waals surface area contributed by atoms with Crippen molar-refractivity contribution in [3.8, 4) is 16.8 Å². The van der Waals surface area contributed by atoms with Gasteiger partial charge in [-0.15, -0.1) is 0 Å². The van der Waals surface area contributed by atoms with Crippen molar-refractivity contribution in [2.75, 3.05) is 0 Å². The summed E-state index contributed by atoms with van der Waals surface area (Å²) < 4.78 is 9.12. The van der Waals surface area contributed by atoms with Gasteiger partial charge in [0.2, 0.25) is 0 Å². The summed E-state index contributed by atoms with van der Waals surface area (Å²) in [6.45, 7) is 5.62. The molecule has 0 unspecified atom stereocenters. The molecule has 5 rings (SSSR count). The van der Waals surface area contributed by atoms with E-state index in [9.17, 15) is 9.59 Å². The van der Waals surface area contributed by atoms with Crippen molar-refractivity contribution in [3.63, 3.8) is 0 Å². The standard InChI is InChI=1S/C25H26N6O3/c1-25(2,3)34-24(33)27-13-21-22-20(17-12-28-30(14-17)18-8-9-18)10-11-26-23(22)31(29-21)19-6-4-16(15-32)5-7-19/h4-7,10-12,14-15,18H,8-9,13H2,1-3H3,(H,27,33). The molecule has 1 saturated carbocycles. The molecule has 9 nitrogen and oxygen atoms in total. The maximum Gasteiger partial charge on any atom is 0.407 e. The number of rotatable bonds is 6. The van der Waals surface area contributed by atoms with E-state index >= 15 is 0 Å². The Morgan fingerprint density at radius 1 is 1.21 bits per heavy atom. The fourth-order valence-electron chi connectivity index (χ4n) is 3.84. The van der Waals surface area contributed by atoms with Crippen molar-refractivity contribution in [1.82, 2.24) is 29.9 Å². The number of fused-ring (bicyclic) bond motifs is 1. The van der Waals surface area contributed by atoms with Crippen LogP contribution in [-0.4, -0.2) is 42.5 Å². The summed E-state index contributed by atoms with van der Waals surface area (Å²) >= 11 is 0.